The van der Waals surface area contributed by atoms with Crippen LogP contribution in [0.1, 0.15) is 45.2 Å². The van der Waals surface area contributed by atoms with Crippen molar-refractivity contribution < 1.29 is 14.3 Å². The molecule has 0 aromatic heterocycles. The molecule has 0 aliphatic carbocycles. The molecular weight excluding hydrogens is 444 g/mol. The van der Waals surface area contributed by atoms with Crippen LogP contribution in [0.25, 0.3) is 0 Å². The molecule has 0 spiro atoms. The average molecular weight is 475 g/mol. The Morgan fingerprint density at radius 3 is 2.17 bits per heavy atom. The van der Waals surface area contributed by atoms with E-state index < -0.39 is 6.04 Å². The molecule has 1 N–H and O–H groups in total. The molecule has 0 aliphatic rings. The molecule has 2 atom stereocenters. The van der Waals surface area contributed by atoms with Gasteiger partial charge < -0.3 is 15.0 Å². The lowest BCUT2D eigenvalue weighted by atomic mass is 10.1. The molecule has 0 aliphatic heterocycles. The molecule has 6 heteroatoms. The molecular formula is C24H31BrN2O3. The van der Waals surface area contributed by atoms with Crippen molar-refractivity contribution in [1.82, 2.24) is 10.2 Å². The van der Waals surface area contributed by atoms with Gasteiger partial charge in [-0.3, -0.25) is 9.59 Å². The van der Waals surface area contributed by atoms with Gasteiger partial charge >= 0.3 is 0 Å². The van der Waals surface area contributed by atoms with Crippen LogP contribution in [0.15, 0.2) is 53.0 Å². The van der Waals surface area contributed by atoms with Crippen molar-refractivity contribution in [1.29, 1.82) is 0 Å². The first-order valence-corrected chi connectivity index (χ1v) is 11.2. The van der Waals surface area contributed by atoms with E-state index in [1.54, 1.807) is 11.8 Å². The van der Waals surface area contributed by atoms with E-state index in [0.717, 1.165) is 22.9 Å². The summed E-state index contributed by atoms with van der Waals surface area (Å²) >= 11 is 3.42. The Kier molecular flexibility index (Phi) is 9.37. The highest BCUT2D eigenvalue weighted by Gasteiger charge is 2.27. The molecule has 0 bridgehead atoms. The zero-order valence-corrected chi connectivity index (χ0v) is 19.7. The molecule has 5 nitrogen and oxygen atoms in total. The number of hydrogen-bond acceptors (Lipinski definition) is 3. The molecule has 0 fully saturated rings. The third kappa shape index (κ3) is 7.17. The molecule has 162 valence electrons. The van der Waals surface area contributed by atoms with Crippen molar-refractivity contribution in [2.75, 3.05) is 6.61 Å². The SMILES string of the molecule is CCc1ccc(OCC(=O)N(Cc2ccc(Br)cc2)[C@H](C)C(=O)N[C@@H](C)CC)cc1. The number of ether oxygens (including phenoxy) is 1. The van der Waals surface area contributed by atoms with Crippen molar-refractivity contribution in [3.63, 3.8) is 0 Å². The Morgan fingerprint density at radius 2 is 1.60 bits per heavy atom. The summed E-state index contributed by atoms with van der Waals surface area (Å²) in [5.41, 5.74) is 2.16. The van der Waals surface area contributed by atoms with Gasteiger partial charge in [0.25, 0.3) is 5.91 Å². The number of aryl methyl sites for hydroxylation is 1. The number of carbonyl (C=O) groups excluding carboxylic acids is 2. The highest BCUT2D eigenvalue weighted by atomic mass is 79.9. The molecule has 30 heavy (non-hydrogen) atoms. The summed E-state index contributed by atoms with van der Waals surface area (Å²) in [6.45, 7) is 8.02. The highest BCUT2D eigenvalue weighted by molar-refractivity contribution is 9.10. The van der Waals surface area contributed by atoms with E-state index >= 15 is 0 Å². The largest absolute Gasteiger partial charge is 0.484 e. The van der Waals surface area contributed by atoms with Crippen molar-refractivity contribution in [3.8, 4) is 5.75 Å². The minimum Gasteiger partial charge on any atom is -0.484 e. The maximum atomic E-state index is 13.0. The van der Waals surface area contributed by atoms with Gasteiger partial charge in [0.1, 0.15) is 11.8 Å². The topological polar surface area (TPSA) is 58.6 Å². The minimum absolute atomic E-state index is 0.0536. The number of halogens is 1. The Hall–Kier alpha value is -2.34. The van der Waals surface area contributed by atoms with Gasteiger partial charge in [0.2, 0.25) is 5.91 Å². The van der Waals surface area contributed by atoms with Crippen LogP contribution in [0, 0.1) is 0 Å². The fourth-order valence-electron chi connectivity index (χ4n) is 2.88. The molecule has 0 heterocycles. The van der Waals surface area contributed by atoms with E-state index in [1.165, 1.54) is 5.56 Å². The molecule has 0 unspecified atom stereocenters. The van der Waals surface area contributed by atoms with Crippen LogP contribution in [0.5, 0.6) is 5.75 Å². The normalized spacial score (nSPS) is 12.7. The third-order valence-electron chi connectivity index (χ3n) is 5.13. The summed E-state index contributed by atoms with van der Waals surface area (Å²) in [6.07, 6.45) is 1.78. The summed E-state index contributed by atoms with van der Waals surface area (Å²) in [4.78, 5) is 27.3. The molecule has 2 rings (SSSR count). The first kappa shape index (κ1) is 23.9. The van der Waals surface area contributed by atoms with Crippen LogP contribution < -0.4 is 10.1 Å². The van der Waals surface area contributed by atoms with E-state index in [4.69, 9.17) is 4.74 Å². The van der Waals surface area contributed by atoms with Gasteiger partial charge in [-0.05, 0) is 62.1 Å². The van der Waals surface area contributed by atoms with E-state index in [-0.39, 0.29) is 24.5 Å². The number of amides is 2. The fraction of sp³-hybridized carbons (Fsp3) is 0.417. The first-order valence-electron chi connectivity index (χ1n) is 10.4. The second-order valence-electron chi connectivity index (χ2n) is 7.43. The van der Waals surface area contributed by atoms with Crippen LogP contribution in [0.3, 0.4) is 0 Å². The van der Waals surface area contributed by atoms with Crippen molar-refractivity contribution in [3.05, 3.63) is 64.1 Å². The van der Waals surface area contributed by atoms with E-state index in [0.29, 0.717) is 12.3 Å². The smallest absolute Gasteiger partial charge is 0.261 e. The second kappa shape index (κ2) is 11.7. The standard InChI is InChI=1S/C24H31BrN2O3/c1-5-17(3)26-24(29)18(4)27(15-20-7-11-21(25)12-8-20)23(28)16-30-22-13-9-19(6-2)10-14-22/h7-14,17-18H,5-6,15-16H2,1-4H3,(H,26,29)/t17-,18+/m0/s1. The van der Waals surface area contributed by atoms with E-state index in [2.05, 4.69) is 28.2 Å². The zero-order valence-electron chi connectivity index (χ0n) is 18.2. The van der Waals surface area contributed by atoms with Crippen LogP contribution in [-0.2, 0) is 22.6 Å². The van der Waals surface area contributed by atoms with Crippen LogP contribution >= 0.6 is 15.9 Å². The number of benzene rings is 2. The van der Waals surface area contributed by atoms with Crippen LogP contribution in [0.2, 0.25) is 0 Å². The summed E-state index contributed by atoms with van der Waals surface area (Å²) in [6, 6.07) is 14.9. The predicted octanol–water partition coefficient (Wildman–Crippen LogP) is 4.72. The van der Waals surface area contributed by atoms with Gasteiger partial charge in [0.15, 0.2) is 6.61 Å². The third-order valence-corrected chi connectivity index (χ3v) is 5.66. The molecule has 2 amide bonds. The Morgan fingerprint density at radius 1 is 1.00 bits per heavy atom. The zero-order chi connectivity index (χ0) is 22.1. The van der Waals surface area contributed by atoms with Gasteiger partial charge in [-0.2, -0.15) is 0 Å². The number of rotatable bonds is 10. The van der Waals surface area contributed by atoms with E-state index in [1.807, 2.05) is 62.4 Å². The van der Waals surface area contributed by atoms with Crippen LogP contribution in [-0.4, -0.2) is 35.4 Å². The summed E-state index contributed by atoms with van der Waals surface area (Å²) in [7, 11) is 0. The lowest BCUT2D eigenvalue weighted by Crippen LogP contribution is -2.50. The predicted molar refractivity (Wildman–Crippen MR) is 123 cm³/mol. The summed E-state index contributed by atoms with van der Waals surface area (Å²) < 4.78 is 6.67. The van der Waals surface area contributed by atoms with Gasteiger partial charge in [0, 0.05) is 17.1 Å². The Labute approximate surface area is 187 Å². The van der Waals surface area contributed by atoms with Gasteiger partial charge in [-0.1, -0.05) is 54.0 Å². The van der Waals surface area contributed by atoms with Crippen molar-refractivity contribution >= 4 is 27.7 Å². The lowest BCUT2D eigenvalue weighted by Gasteiger charge is -2.29. The molecule has 0 saturated carbocycles. The van der Waals surface area contributed by atoms with Crippen molar-refractivity contribution in [2.24, 2.45) is 0 Å². The molecule has 0 radical (unpaired) electrons. The van der Waals surface area contributed by atoms with Gasteiger partial charge in [-0.15, -0.1) is 0 Å². The van der Waals surface area contributed by atoms with E-state index in [9.17, 15) is 9.59 Å². The Balaban J connectivity index is 2.12. The molecule has 0 saturated heterocycles. The molecule has 2 aromatic rings. The monoisotopic (exact) mass is 474 g/mol. The van der Waals surface area contributed by atoms with Gasteiger partial charge in [0.05, 0.1) is 0 Å². The lowest BCUT2D eigenvalue weighted by molar-refractivity contribution is -0.142. The minimum atomic E-state index is -0.610. The second-order valence-corrected chi connectivity index (χ2v) is 8.34. The van der Waals surface area contributed by atoms with Crippen molar-refractivity contribution in [2.45, 2.75) is 59.2 Å². The summed E-state index contributed by atoms with van der Waals surface area (Å²) in [5, 5.41) is 2.96. The summed E-state index contributed by atoms with van der Waals surface area (Å²) in [5.74, 6) is 0.243. The highest BCUT2D eigenvalue weighted by Crippen LogP contribution is 2.16. The number of nitrogens with zero attached hydrogens (tertiary/aromatic N) is 1. The van der Waals surface area contributed by atoms with Gasteiger partial charge in [-0.25, -0.2) is 0 Å². The first-order chi connectivity index (χ1) is 14.3. The maximum Gasteiger partial charge on any atom is 0.261 e. The number of nitrogens with one attached hydrogen (secondary N) is 1. The average Bonchev–Trinajstić information content (AvgIpc) is 2.76. The number of hydrogen-bond donors (Lipinski definition) is 1. The Bertz CT molecular complexity index is 821. The number of carbonyl (C=O) groups is 2. The fourth-order valence-corrected chi connectivity index (χ4v) is 3.15. The quantitative estimate of drug-likeness (QED) is 0.541. The van der Waals surface area contributed by atoms with Crippen LogP contribution in [0.4, 0.5) is 0 Å². The maximum absolute atomic E-state index is 13.0. The molecule has 2 aromatic carbocycles.